The molecule has 3 atom stereocenters. The summed E-state index contributed by atoms with van der Waals surface area (Å²) in [4.78, 5) is 16.6. The van der Waals surface area contributed by atoms with Gasteiger partial charge in [0.05, 0.1) is 5.92 Å². The summed E-state index contributed by atoms with van der Waals surface area (Å²) >= 11 is 0. The molecule has 0 spiro atoms. The van der Waals surface area contributed by atoms with Crippen LogP contribution in [0.25, 0.3) is 0 Å². The summed E-state index contributed by atoms with van der Waals surface area (Å²) in [7, 11) is 0. The molecular weight excluding hydrogens is 228 g/mol. The molecule has 4 fully saturated rings. The number of carboxylic acids is 1. The van der Waals surface area contributed by atoms with Crippen molar-refractivity contribution >= 4 is 5.97 Å². The third-order valence-electron chi connectivity index (χ3n) is 5.22. The van der Waals surface area contributed by atoms with Crippen molar-refractivity contribution in [3.63, 3.8) is 0 Å². The van der Waals surface area contributed by atoms with Crippen LogP contribution in [-0.2, 0) is 4.79 Å². The van der Waals surface area contributed by atoms with Gasteiger partial charge in [0, 0.05) is 12.1 Å². The SMILES string of the molecule is CCCN1CCC(C(=O)O)C2C1C1CCN2CC1. The highest BCUT2D eigenvalue weighted by atomic mass is 16.4. The van der Waals surface area contributed by atoms with E-state index in [1.54, 1.807) is 0 Å². The Kier molecular flexibility index (Phi) is 3.32. The Morgan fingerprint density at radius 2 is 1.89 bits per heavy atom. The zero-order chi connectivity index (χ0) is 12.7. The van der Waals surface area contributed by atoms with E-state index in [0.29, 0.717) is 6.04 Å². The summed E-state index contributed by atoms with van der Waals surface area (Å²) in [5.74, 6) is 0.0357. The van der Waals surface area contributed by atoms with E-state index in [9.17, 15) is 9.90 Å². The van der Waals surface area contributed by atoms with E-state index in [1.165, 1.54) is 19.3 Å². The van der Waals surface area contributed by atoms with Crippen molar-refractivity contribution in [2.75, 3.05) is 26.2 Å². The molecule has 0 radical (unpaired) electrons. The Bertz CT molecular complexity index is 326. The van der Waals surface area contributed by atoms with Crippen molar-refractivity contribution in [2.24, 2.45) is 11.8 Å². The molecule has 0 aromatic heterocycles. The van der Waals surface area contributed by atoms with Gasteiger partial charge < -0.3 is 5.11 Å². The van der Waals surface area contributed by atoms with Crippen molar-refractivity contribution in [3.8, 4) is 0 Å². The molecule has 18 heavy (non-hydrogen) atoms. The van der Waals surface area contributed by atoms with Crippen LogP contribution in [0.4, 0.5) is 0 Å². The highest BCUT2D eigenvalue weighted by Crippen LogP contribution is 2.42. The predicted molar refractivity (Wildman–Crippen MR) is 69.5 cm³/mol. The third-order valence-corrected chi connectivity index (χ3v) is 5.22. The number of rotatable bonds is 3. The van der Waals surface area contributed by atoms with Crippen LogP contribution in [-0.4, -0.2) is 59.1 Å². The summed E-state index contributed by atoms with van der Waals surface area (Å²) in [6, 6.07) is 0.803. The van der Waals surface area contributed by atoms with Crippen LogP contribution in [0.2, 0.25) is 0 Å². The summed E-state index contributed by atoms with van der Waals surface area (Å²) in [6.45, 7) is 6.58. The average Bonchev–Trinajstić information content (AvgIpc) is 2.40. The van der Waals surface area contributed by atoms with Gasteiger partial charge in [0.15, 0.2) is 0 Å². The average molecular weight is 252 g/mol. The maximum atomic E-state index is 11.5. The zero-order valence-electron chi connectivity index (χ0n) is 11.2. The summed E-state index contributed by atoms with van der Waals surface area (Å²) < 4.78 is 0. The quantitative estimate of drug-likeness (QED) is 0.821. The third kappa shape index (κ3) is 1.86. The van der Waals surface area contributed by atoms with Gasteiger partial charge in [0.25, 0.3) is 0 Å². The van der Waals surface area contributed by atoms with E-state index in [0.717, 1.165) is 38.5 Å². The predicted octanol–water partition coefficient (Wildman–Crippen LogP) is 1.27. The molecule has 0 amide bonds. The number of carboxylic acid groups (broad SMARTS) is 1. The fraction of sp³-hybridized carbons (Fsp3) is 0.929. The van der Waals surface area contributed by atoms with Crippen molar-refractivity contribution < 1.29 is 9.90 Å². The fourth-order valence-electron chi connectivity index (χ4n) is 4.50. The lowest BCUT2D eigenvalue weighted by Crippen LogP contribution is -2.69. The summed E-state index contributed by atoms with van der Waals surface area (Å²) in [6.07, 6.45) is 4.55. The number of piperidine rings is 4. The molecule has 4 rings (SSSR count). The highest BCUT2D eigenvalue weighted by Gasteiger charge is 2.51. The molecule has 3 unspecified atom stereocenters. The van der Waals surface area contributed by atoms with Gasteiger partial charge in [0.2, 0.25) is 0 Å². The van der Waals surface area contributed by atoms with E-state index >= 15 is 0 Å². The van der Waals surface area contributed by atoms with Gasteiger partial charge in [-0.1, -0.05) is 6.92 Å². The van der Waals surface area contributed by atoms with Crippen LogP contribution >= 0.6 is 0 Å². The second-order valence-corrected chi connectivity index (χ2v) is 6.12. The second-order valence-electron chi connectivity index (χ2n) is 6.12. The molecule has 4 heterocycles. The molecule has 2 bridgehead atoms. The van der Waals surface area contributed by atoms with Crippen LogP contribution < -0.4 is 0 Å². The second kappa shape index (κ2) is 4.82. The molecule has 0 aromatic rings. The van der Waals surface area contributed by atoms with Gasteiger partial charge in [-0.2, -0.15) is 0 Å². The first-order valence-electron chi connectivity index (χ1n) is 7.43. The monoisotopic (exact) mass is 252 g/mol. The van der Waals surface area contributed by atoms with Gasteiger partial charge in [-0.15, -0.1) is 0 Å². The van der Waals surface area contributed by atoms with E-state index in [2.05, 4.69) is 16.7 Å². The Balaban J connectivity index is 1.86. The van der Waals surface area contributed by atoms with Crippen LogP contribution in [0.5, 0.6) is 0 Å². The minimum absolute atomic E-state index is 0.133. The minimum atomic E-state index is -0.575. The largest absolute Gasteiger partial charge is 0.481 e. The maximum absolute atomic E-state index is 11.5. The van der Waals surface area contributed by atoms with Gasteiger partial charge >= 0.3 is 5.97 Å². The number of aliphatic carboxylic acids is 1. The number of likely N-dealkylation sites (tertiary alicyclic amines) is 1. The first kappa shape index (κ1) is 12.4. The van der Waals surface area contributed by atoms with E-state index < -0.39 is 5.97 Å². The Hall–Kier alpha value is -0.610. The molecule has 0 aromatic carbocycles. The van der Waals surface area contributed by atoms with Gasteiger partial charge in [-0.25, -0.2) is 0 Å². The lowest BCUT2D eigenvalue weighted by molar-refractivity contribution is -0.156. The molecule has 4 nitrogen and oxygen atoms in total. The Labute approximate surface area is 109 Å². The zero-order valence-corrected chi connectivity index (χ0v) is 11.2. The minimum Gasteiger partial charge on any atom is -0.481 e. The molecule has 0 aliphatic carbocycles. The van der Waals surface area contributed by atoms with E-state index in [1.807, 2.05) is 0 Å². The van der Waals surface area contributed by atoms with Crippen molar-refractivity contribution in [1.29, 1.82) is 0 Å². The highest BCUT2D eigenvalue weighted by molar-refractivity contribution is 5.71. The van der Waals surface area contributed by atoms with Gasteiger partial charge in [-0.05, 0) is 57.8 Å². The fourth-order valence-corrected chi connectivity index (χ4v) is 4.50. The molecular formula is C14H24N2O2. The number of nitrogens with zero attached hydrogens (tertiary/aromatic N) is 2. The van der Waals surface area contributed by atoms with Crippen LogP contribution in [0.3, 0.4) is 0 Å². The lowest BCUT2D eigenvalue weighted by Gasteiger charge is -2.58. The first-order valence-corrected chi connectivity index (χ1v) is 7.43. The molecule has 4 aliphatic heterocycles. The van der Waals surface area contributed by atoms with E-state index in [-0.39, 0.29) is 12.0 Å². The Morgan fingerprint density at radius 3 is 2.50 bits per heavy atom. The van der Waals surface area contributed by atoms with Gasteiger partial charge in [0.1, 0.15) is 0 Å². The molecule has 1 N–H and O–H groups in total. The standard InChI is InChI=1S/C14H24N2O2/c1-2-6-15-9-5-11(14(17)18)13-12(15)10-3-7-16(13)8-4-10/h10-13H,2-9H2,1H3,(H,17,18). The molecule has 4 heteroatoms. The van der Waals surface area contributed by atoms with Gasteiger partial charge in [-0.3, -0.25) is 14.6 Å². The number of hydrogen-bond acceptors (Lipinski definition) is 3. The number of carbonyl (C=O) groups is 1. The van der Waals surface area contributed by atoms with E-state index in [4.69, 9.17) is 0 Å². The summed E-state index contributed by atoms with van der Waals surface area (Å²) in [5, 5.41) is 9.48. The summed E-state index contributed by atoms with van der Waals surface area (Å²) in [5.41, 5.74) is 0. The topological polar surface area (TPSA) is 43.8 Å². The molecule has 102 valence electrons. The molecule has 0 saturated carbocycles. The molecule has 4 aliphatic rings. The number of hydrogen-bond donors (Lipinski definition) is 1. The number of fused-ring (bicyclic) bond motifs is 2. The van der Waals surface area contributed by atoms with Crippen molar-refractivity contribution in [3.05, 3.63) is 0 Å². The van der Waals surface area contributed by atoms with Crippen LogP contribution in [0.1, 0.15) is 32.6 Å². The van der Waals surface area contributed by atoms with Crippen molar-refractivity contribution in [2.45, 2.75) is 44.7 Å². The van der Waals surface area contributed by atoms with Crippen LogP contribution in [0.15, 0.2) is 0 Å². The van der Waals surface area contributed by atoms with Crippen LogP contribution in [0, 0.1) is 11.8 Å². The molecule has 4 saturated heterocycles. The first-order chi connectivity index (χ1) is 8.72. The normalized spacial score (nSPS) is 43.7. The maximum Gasteiger partial charge on any atom is 0.308 e. The smallest absolute Gasteiger partial charge is 0.308 e. The Morgan fingerprint density at radius 1 is 1.17 bits per heavy atom. The van der Waals surface area contributed by atoms with Crippen molar-refractivity contribution in [1.82, 2.24) is 9.80 Å². The lowest BCUT2D eigenvalue weighted by atomic mass is 9.70.